The molecular weight excluding hydrogens is 462 g/mol. The smallest absolute Gasteiger partial charge is 0.257 e. The summed E-state index contributed by atoms with van der Waals surface area (Å²) in [4.78, 5) is 39.6. The first-order valence-electron chi connectivity index (χ1n) is 11.8. The van der Waals surface area contributed by atoms with Gasteiger partial charge in [-0.15, -0.1) is 10.2 Å². The number of nitrogens with zero attached hydrogens (tertiary/aromatic N) is 3. The van der Waals surface area contributed by atoms with E-state index in [1.54, 1.807) is 29.2 Å². The zero-order valence-corrected chi connectivity index (χ0v) is 20.9. The van der Waals surface area contributed by atoms with Crippen LogP contribution in [0.4, 0.5) is 16.5 Å². The van der Waals surface area contributed by atoms with Crippen LogP contribution in [0.1, 0.15) is 60.0 Å². The summed E-state index contributed by atoms with van der Waals surface area (Å²) >= 11 is 1.28. The van der Waals surface area contributed by atoms with E-state index in [0.717, 1.165) is 29.1 Å². The van der Waals surface area contributed by atoms with Gasteiger partial charge in [0.2, 0.25) is 16.9 Å². The normalized spacial score (nSPS) is 15.5. The van der Waals surface area contributed by atoms with Gasteiger partial charge in [-0.2, -0.15) is 0 Å². The number of aryl methyl sites for hydroxylation is 1. The maximum atomic E-state index is 12.8. The molecule has 1 aromatic heterocycles. The number of anilines is 3. The lowest BCUT2D eigenvalue weighted by Gasteiger charge is -2.18. The molecule has 0 bridgehead atoms. The Kier molecular flexibility index (Phi) is 7.55. The molecule has 3 aromatic rings. The van der Waals surface area contributed by atoms with E-state index in [2.05, 4.69) is 20.8 Å². The van der Waals surface area contributed by atoms with Gasteiger partial charge in [0.05, 0.1) is 0 Å². The summed E-state index contributed by atoms with van der Waals surface area (Å²) < 4.78 is 0. The number of carbonyl (C=O) groups excluding carboxylic acids is 3. The van der Waals surface area contributed by atoms with E-state index in [9.17, 15) is 14.4 Å². The van der Waals surface area contributed by atoms with Crippen LogP contribution < -0.4 is 15.5 Å². The number of amides is 3. The van der Waals surface area contributed by atoms with Crippen molar-refractivity contribution in [2.24, 2.45) is 5.92 Å². The third-order valence-corrected chi connectivity index (χ3v) is 7.29. The highest BCUT2D eigenvalue weighted by Gasteiger charge is 2.34. The second-order valence-corrected chi connectivity index (χ2v) is 9.68. The van der Waals surface area contributed by atoms with E-state index in [1.165, 1.54) is 11.3 Å². The molecule has 0 saturated carbocycles. The van der Waals surface area contributed by atoms with Crippen LogP contribution in [0.15, 0.2) is 48.5 Å². The first-order valence-corrected chi connectivity index (χ1v) is 12.6. The molecular formula is C26H29N5O3S. The van der Waals surface area contributed by atoms with Gasteiger partial charge < -0.3 is 10.2 Å². The molecule has 1 fully saturated rings. The van der Waals surface area contributed by atoms with E-state index in [4.69, 9.17) is 0 Å². The number of hydrogen-bond acceptors (Lipinski definition) is 6. The second kappa shape index (κ2) is 10.8. The van der Waals surface area contributed by atoms with Crippen molar-refractivity contribution in [1.29, 1.82) is 0 Å². The minimum atomic E-state index is -0.338. The van der Waals surface area contributed by atoms with Crippen molar-refractivity contribution in [1.82, 2.24) is 10.2 Å². The molecule has 9 heteroatoms. The largest absolute Gasteiger partial charge is 0.326 e. The van der Waals surface area contributed by atoms with Gasteiger partial charge in [0.25, 0.3) is 5.91 Å². The van der Waals surface area contributed by atoms with Gasteiger partial charge in [0, 0.05) is 41.7 Å². The van der Waals surface area contributed by atoms with E-state index >= 15 is 0 Å². The Labute approximate surface area is 208 Å². The van der Waals surface area contributed by atoms with Gasteiger partial charge in [0.15, 0.2) is 0 Å². The van der Waals surface area contributed by atoms with Gasteiger partial charge in [-0.25, -0.2) is 0 Å². The van der Waals surface area contributed by atoms with Crippen LogP contribution in [-0.2, 0) is 9.59 Å². The van der Waals surface area contributed by atoms with Gasteiger partial charge in [0.1, 0.15) is 5.01 Å². The molecule has 0 unspecified atom stereocenters. The highest BCUT2D eigenvalue weighted by Crippen LogP contribution is 2.35. The maximum absolute atomic E-state index is 12.8. The second-order valence-electron chi connectivity index (χ2n) is 8.67. The zero-order valence-electron chi connectivity index (χ0n) is 20.1. The van der Waals surface area contributed by atoms with E-state index < -0.39 is 0 Å². The summed E-state index contributed by atoms with van der Waals surface area (Å²) in [5.41, 5.74) is 2.94. The predicted octanol–water partition coefficient (Wildman–Crippen LogP) is 4.99. The first-order chi connectivity index (χ1) is 16.9. The summed E-state index contributed by atoms with van der Waals surface area (Å²) in [7, 11) is 0. The molecule has 0 spiro atoms. The molecule has 3 amide bonds. The number of aromatic nitrogens is 2. The summed E-state index contributed by atoms with van der Waals surface area (Å²) in [5.74, 6) is -0.467. The van der Waals surface area contributed by atoms with Crippen LogP contribution in [0.2, 0.25) is 0 Å². The number of carbonyl (C=O) groups is 3. The quantitative estimate of drug-likeness (QED) is 0.462. The Morgan fingerprint density at radius 2 is 1.86 bits per heavy atom. The van der Waals surface area contributed by atoms with Gasteiger partial charge in [-0.05, 0) is 49.6 Å². The fraction of sp³-hybridized carbons (Fsp3) is 0.346. The van der Waals surface area contributed by atoms with Crippen molar-refractivity contribution in [3.63, 3.8) is 0 Å². The number of rotatable bonds is 8. The van der Waals surface area contributed by atoms with Crippen molar-refractivity contribution < 1.29 is 14.4 Å². The van der Waals surface area contributed by atoms with E-state index in [1.807, 2.05) is 45.0 Å². The Morgan fingerprint density at radius 3 is 2.60 bits per heavy atom. The molecule has 1 saturated heterocycles. The molecule has 2 aromatic carbocycles. The minimum Gasteiger partial charge on any atom is -0.326 e. The Bertz CT molecular complexity index is 1240. The summed E-state index contributed by atoms with van der Waals surface area (Å²) in [6.45, 7) is 6.48. The van der Waals surface area contributed by atoms with Gasteiger partial charge >= 0.3 is 0 Å². The lowest BCUT2D eigenvalue weighted by molar-refractivity contribution is -0.120. The summed E-state index contributed by atoms with van der Waals surface area (Å²) in [6.07, 6.45) is 1.88. The van der Waals surface area contributed by atoms with Crippen molar-refractivity contribution in [2.75, 3.05) is 22.1 Å². The van der Waals surface area contributed by atoms with Gasteiger partial charge in [-0.3, -0.25) is 19.7 Å². The van der Waals surface area contributed by atoms with E-state index in [-0.39, 0.29) is 29.6 Å². The zero-order chi connectivity index (χ0) is 24.9. The van der Waals surface area contributed by atoms with Crippen molar-refractivity contribution in [3.8, 4) is 0 Å². The molecule has 35 heavy (non-hydrogen) atoms. The number of benzene rings is 2. The molecule has 0 aliphatic carbocycles. The van der Waals surface area contributed by atoms with E-state index in [0.29, 0.717) is 29.3 Å². The average molecular weight is 492 g/mol. The fourth-order valence-electron chi connectivity index (χ4n) is 4.23. The van der Waals surface area contributed by atoms with Crippen LogP contribution in [0.25, 0.3) is 0 Å². The third-order valence-electron chi connectivity index (χ3n) is 6.29. The SMILES string of the molecule is CCC(CC)C(=O)Nc1cccc(C(=O)Nc2nnc([C@H]3CC(=O)N(c4ccccc4C)C3)s2)c1. The highest BCUT2D eigenvalue weighted by molar-refractivity contribution is 7.15. The van der Waals surface area contributed by atoms with Crippen LogP contribution in [0.3, 0.4) is 0 Å². The number of nitrogens with one attached hydrogen (secondary N) is 2. The lowest BCUT2D eigenvalue weighted by Crippen LogP contribution is -2.25. The Morgan fingerprint density at radius 1 is 1.09 bits per heavy atom. The molecule has 0 radical (unpaired) electrons. The van der Waals surface area contributed by atoms with Crippen LogP contribution in [-0.4, -0.2) is 34.5 Å². The first kappa shape index (κ1) is 24.5. The van der Waals surface area contributed by atoms with Crippen LogP contribution in [0, 0.1) is 12.8 Å². The van der Waals surface area contributed by atoms with Gasteiger partial charge in [-0.1, -0.05) is 49.4 Å². The molecule has 1 aliphatic heterocycles. The minimum absolute atomic E-state index is 0.0489. The average Bonchev–Trinajstić information content (AvgIpc) is 3.47. The number of para-hydroxylation sites is 1. The van der Waals surface area contributed by atoms with Crippen molar-refractivity contribution >= 4 is 45.6 Å². The maximum Gasteiger partial charge on any atom is 0.257 e. The fourth-order valence-corrected chi connectivity index (χ4v) is 5.06. The molecule has 8 nitrogen and oxygen atoms in total. The molecule has 1 atom stereocenters. The Balaban J connectivity index is 1.40. The third kappa shape index (κ3) is 5.57. The molecule has 182 valence electrons. The summed E-state index contributed by atoms with van der Waals surface area (Å²) in [5, 5.41) is 15.1. The predicted molar refractivity (Wildman–Crippen MR) is 138 cm³/mol. The molecule has 2 heterocycles. The van der Waals surface area contributed by atoms with Crippen LogP contribution >= 0.6 is 11.3 Å². The topological polar surface area (TPSA) is 104 Å². The molecule has 4 rings (SSSR count). The monoisotopic (exact) mass is 491 g/mol. The molecule has 1 aliphatic rings. The standard InChI is InChI=1S/C26H29N5O3S/c1-4-17(5-2)23(33)27-20-11-8-10-18(13-20)24(34)28-26-30-29-25(35-26)19-14-22(32)31(15-19)21-12-7-6-9-16(21)3/h6-13,17,19H,4-5,14-15H2,1-3H3,(H,27,33)(H,28,30,34)/t19-/m0/s1. The van der Waals surface area contributed by atoms with Crippen molar-refractivity contribution in [3.05, 3.63) is 64.7 Å². The number of hydrogen-bond donors (Lipinski definition) is 2. The van der Waals surface area contributed by atoms with Crippen LogP contribution in [0.5, 0.6) is 0 Å². The van der Waals surface area contributed by atoms with Crippen molar-refractivity contribution in [2.45, 2.75) is 46.0 Å². The highest BCUT2D eigenvalue weighted by atomic mass is 32.1. The Hall–Kier alpha value is -3.59. The molecule has 2 N–H and O–H groups in total. The lowest BCUT2D eigenvalue weighted by atomic mass is 10.0. The summed E-state index contributed by atoms with van der Waals surface area (Å²) in [6, 6.07) is 14.6.